The number of hydrogen-bond donors (Lipinski definition) is 0. The van der Waals surface area contributed by atoms with Crippen molar-refractivity contribution in [3.8, 4) is 6.07 Å². The minimum Gasteiger partial charge on any atom is -0.342 e. The van der Waals surface area contributed by atoms with E-state index in [-0.39, 0.29) is 11.3 Å². The average Bonchev–Trinajstić information content (AvgIpc) is 2.42. The Labute approximate surface area is 114 Å². The molecule has 0 spiro atoms. The quantitative estimate of drug-likeness (QED) is 0.816. The van der Waals surface area contributed by atoms with Crippen LogP contribution in [0.4, 0.5) is 0 Å². The van der Waals surface area contributed by atoms with E-state index < -0.39 is 0 Å². The third-order valence-electron chi connectivity index (χ3n) is 4.09. The summed E-state index contributed by atoms with van der Waals surface area (Å²) in [6.07, 6.45) is 2.03. The van der Waals surface area contributed by atoms with E-state index in [1.165, 1.54) is 0 Å². The van der Waals surface area contributed by atoms with Gasteiger partial charge in [-0.1, -0.05) is 24.3 Å². The van der Waals surface area contributed by atoms with Gasteiger partial charge in [0.05, 0.1) is 17.9 Å². The van der Waals surface area contributed by atoms with Crippen LogP contribution in [0.5, 0.6) is 0 Å². The van der Waals surface area contributed by atoms with E-state index in [0.717, 1.165) is 24.0 Å². The van der Waals surface area contributed by atoms with Gasteiger partial charge in [0.1, 0.15) is 0 Å². The summed E-state index contributed by atoms with van der Waals surface area (Å²) in [6.45, 7) is 5.42. The highest BCUT2D eigenvalue weighted by molar-refractivity contribution is 5.79. The Hall–Kier alpha value is -1.82. The number of nitrogens with zero attached hydrogens (tertiary/aromatic N) is 2. The van der Waals surface area contributed by atoms with Crippen LogP contribution in [0.25, 0.3) is 0 Å². The minimum atomic E-state index is -0.251. The summed E-state index contributed by atoms with van der Waals surface area (Å²) in [7, 11) is 0. The second kappa shape index (κ2) is 5.44. The van der Waals surface area contributed by atoms with E-state index >= 15 is 0 Å². The normalized spacial score (nSPS) is 17.8. The molecule has 0 radical (unpaired) electrons. The van der Waals surface area contributed by atoms with E-state index in [1.807, 2.05) is 43.0 Å². The molecule has 1 aliphatic heterocycles. The molecule has 1 aliphatic rings. The van der Waals surface area contributed by atoms with Crippen LogP contribution < -0.4 is 0 Å². The van der Waals surface area contributed by atoms with E-state index in [0.29, 0.717) is 19.5 Å². The van der Waals surface area contributed by atoms with Gasteiger partial charge in [0, 0.05) is 13.1 Å². The molecule has 0 aliphatic carbocycles. The molecule has 0 aromatic heterocycles. The summed E-state index contributed by atoms with van der Waals surface area (Å²) in [6, 6.07) is 10.4. The Kier molecular flexibility index (Phi) is 3.90. The van der Waals surface area contributed by atoms with Crippen molar-refractivity contribution in [2.75, 3.05) is 13.1 Å². The predicted molar refractivity (Wildman–Crippen MR) is 74.4 cm³/mol. The molecule has 1 fully saturated rings. The number of nitriles is 1. The molecule has 0 saturated carbocycles. The Morgan fingerprint density at radius 2 is 2.00 bits per heavy atom. The zero-order valence-electron chi connectivity index (χ0n) is 11.6. The lowest BCUT2D eigenvalue weighted by molar-refractivity contribution is -0.132. The standard InChI is InChI=1S/C16H20N2O/c1-13-5-3-4-6-14(13)11-15(19)18-9-7-16(2,12-17)8-10-18/h3-6H,7-11H2,1-2H3. The highest BCUT2D eigenvalue weighted by atomic mass is 16.2. The van der Waals surface area contributed by atoms with Crippen molar-refractivity contribution in [1.82, 2.24) is 4.90 Å². The molecule has 3 heteroatoms. The maximum absolute atomic E-state index is 12.3. The molecule has 2 rings (SSSR count). The van der Waals surface area contributed by atoms with Crippen molar-refractivity contribution in [2.45, 2.75) is 33.1 Å². The van der Waals surface area contributed by atoms with Gasteiger partial charge < -0.3 is 4.90 Å². The van der Waals surface area contributed by atoms with Crippen molar-refractivity contribution in [2.24, 2.45) is 5.41 Å². The third-order valence-corrected chi connectivity index (χ3v) is 4.09. The summed E-state index contributed by atoms with van der Waals surface area (Å²) >= 11 is 0. The van der Waals surface area contributed by atoms with Crippen molar-refractivity contribution in [1.29, 1.82) is 5.26 Å². The van der Waals surface area contributed by atoms with Gasteiger partial charge in [-0.15, -0.1) is 0 Å². The lowest BCUT2D eigenvalue weighted by Gasteiger charge is -2.35. The molecular weight excluding hydrogens is 236 g/mol. The first-order chi connectivity index (χ1) is 9.04. The number of piperidine rings is 1. The highest BCUT2D eigenvalue weighted by Crippen LogP contribution is 2.30. The molecule has 3 nitrogen and oxygen atoms in total. The van der Waals surface area contributed by atoms with Crippen LogP contribution in [0, 0.1) is 23.7 Å². The molecule has 0 bridgehead atoms. The number of benzene rings is 1. The van der Waals surface area contributed by atoms with Gasteiger partial charge in [-0.2, -0.15) is 5.26 Å². The number of rotatable bonds is 2. The number of likely N-dealkylation sites (tertiary alicyclic amines) is 1. The summed E-state index contributed by atoms with van der Waals surface area (Å²) in [5.74, 6) is 0.175. The summed E-state index contributed by atoms with van der Waals surface area (Å²) in [5.41, 5.74) is 2.01. The second-order valence-corrected chi connectivity index (χ2v) is 5.66. The predicted octanol–water partition coefficient (Wildman–Crippen LogP) is 2.69. The first kappa shape index (κ1) is 13.6. The lowest BCUT2D eigenvalue weighted by Crippen LogP contribution is -2.42. The van der Waals surface area contributed by atoms with Gasteiger partial charge in [0.15, 0.2) is 0 Å². The number of aryl methyl sites for hydroxylation is 1. The first-order valence-electron chi connectivity index (χ1n) is 6.78. The van der Waals surface area contributed by atoms with E-state index in [9.17, 15) is 4.79 Å². The fourth-order valence-electron chi connectivity index (χ4n) is 2.44. The van der Waals surface area contributed by atoms with Crippen molar-refractivity contribution in [3.63, 3.8) is 0 Å². The fraction of sp³-hybridized carbons (Fsp3) is 0.500. The minimum absolute atomic E-state index is 0.175. The first-order valence-corrected chi connectivity index (χ1v) is 6.78. The number of hydrogen-bond acceptors (Lipinski definition) is 2. The van der Waals surface area contributed by atoms with Gasteiger partial charge in [0.2, 0.25) is 5.91 Å². The Bertz CT molecular complexity index is 508. The van der Waals surface area contributed by atoms with Gasteiger partial charge in [-0.25, -0.2) is 0 Å². The van der Waals surface area contributed by atoms with Crippen LogP contribution in [-0.4, -0.2) is 23.9 Å². The number of carbonyl (C=O) groups excluding carboxylic acids is 1. The molecule has 0 N–H and O–H groups in total. The molecule has 1 heterocycles. The van der Waals surface area contributed by atoms with E-state index in [2.05, 4.69) is 6.07 Å². The molecule has 1 aromatic carbocycles. The zero-order valence-corrected chi connectivity index (χ0v) is 11.6. The zero-order chi connectivity index (χ0) is 13.9. The van der Waals surface area contributed by atoms with Crippen LogP contribution in [-0.2, 0) is 11.2 Å². The van der Waals surface area contributed by atoms with Gasteiger partial charge in [-0.05, 0) is 37.8 Å². The molecule has 1 amide bonds. The third kappa shape index (κ3) is 3.14. The molecule has 1 aromatic rings. The summed E-state index contributed by atoms with van der Waals surface area (Å²) in [4.78, 5) is 14.2. The smallest absolute Gasteiger partial charge is 0.227 e. The average molecular weight is 256 g/mol. The topological polar surface area (TPSA) is 44.1 Å². The fourth-order valence-corrected chi connectivity index (χ4v) is 2.44. The molecule has 100 valence electrons. The summed E-state index contributed by atoms with van der Waals surface area (Å²) < 4.78 is 0. The van der Waals surface area contributed by atoms with Crippen LogP contribution in [0.2, 0.25) is 0 Å². The van der Waals surface area contributed by atoms with Gasteiger partial charge in [0.25, 0.3) is 0 Å². The molecule has 1 saturated heterocycles. The van der Waals surface area contributed by atoms with Gasteiger partial charge >= 0.3 is 0 Å². The van der Waals surface area contributed by atoms with Crippen LogP contribution in [0.3, 0.4) is 0 Å². The maximum Gasteiger partial charge on any atom is 0.227 e. The Morgan fingerprint density at radius 3 is 2.58 bits per heavy atom. The molecular formula is C16H20N2O. The number of amides is 1. The van der Waals surface area contributed by atoms with Crippen LogP contribution >= 0.6 is 0 Å². The SMILES string of the molecule is Cc1ccccc1CC(=O)N1CCC(C)(C#N)CC1. The van der Waals surface area contributed by atoms with E-state index in [1.54, 1.807) is 0 Å². The number of carbonyl (C=O) groups is 1. The monoisotopic (exact) mass is 256 g/mol. The molecule has 0 unspecified atom stereocenters. The van der Waals surface area contributed by atoms with Crippen LogP contribution in [0.1, 0.15) is 30.9 Å². The Morgan fingerprint density at radius 1 is 1.37 bits per heavy atom. The van der Waals surface area contributed by atoms with Crippen molar-refractivity contribution < 1.29 is 4.79 Å². The highest BCUT2D eigenvalue weighted by Gasteiger charge is 2.31. The van der Waals surface area contributed by atoms with Crippen molar-refractivity contribution >= 4 is 5.91 Å². The van der Waals surface area contributed by atoms with Gasteiger partial charge in [-0.3, -0.25) is 4.79 Å². The maximum atomic E-state index is 12.3. The second-order valence-electron chi connectivity index (χ2n) is 5.66. The summed E-state index contributed by atoms with van der Waals surface area (Å²) in [5, 5.41) is 9.09. The molecule has 19 heavy (non-hydrogen) atoms. The largest absolute Gasteiger partial charge is 0.342 e. The van der Waals surface area contributed by atoms with Crippen molar-refractivity contribution in [3.05, 3.63) is 35.4 Å². The van der Waals surface area contributed by atoms with Crippen LogP contribution in [0.15, 0.2) is 24.3 Å². The molecule has 0 atom stereocenters. The lowest BCUT2D eigenvalue weighted by atomic mass is 9.82. The Balaban J connectivity index is 1.96. The van der Waals surface area contributed by atoms with E-state index in [4.69, 9.17) is 5.26 Å².